The largest absolute Gasteiger partial charge is 0.489 e. The number of hydrogen-bond donors (Lipinski definition) is 1. The Morgan fingerprint density at radius 3 is 2.90 bits per heavy atom. The van der Waals surface area contributed by atoms with E-state index >= 15 is 0 Å². The molecule has 1 heterocycles. The average Bonchev–Trinajstić information content (AvgIpc) is 2.87. The van der Waals surface area contributed by atoms with Gasteiger partial charge in [-0.1, -0.05) is 34.1 Å². The molecule has 1 aliphatic rings. The molecule has 1 aliphatic heterocycles. The lowest BCUT2D eigenvalue weighted by Crippen LogP contribution is -2.23. The first kappa shape index (κ1) is 13.9. The first-order valence-corrected chi connectivity index (χ1v) is 7.33. The maximum Gasteiger partial charge on any atom is 0.339 e. The Hall–Kier alpha value is -2.01. The van der Waals surface area contributed by atoms with Crippen molar-refractivity contribution in [2.75, 3.05) is 6.61 Å². The lowest BCUT2D eigenvalue weighted by atomic mass is 10.1. The van der Waals surface area contributed by atoms with E-state index in [0.29, 0.717) is 12.4 Å². The number of para-hydroxylation sites is 1. The van der Waals surface area contributed by atoms with Crippen LogP contribution in [0.1, 0.15) is 15.9 Å². The van der Waals surface area contributed by atoms with Crippen molar-refractivity contribution < 1.29 is 19.4 Å². The summed E-state index contributed by atoms with van der Waals surface area (Å²) in [4.78, 5) is 11.2. The number of ether oxygens (including phenoxy) is 2. The second-order valence-electron chi connectivity index (χ2n) is 4.81. The predicted octanol–water partition coefficient (Wildman–Crippen LogP) is 3.53. The number of hydrogen-bond acceptors (Lipinski definition) is 3. The number of aromatic carboxylic acids is 1. The fraction of sp³-hybridized carbons (Fsp3) is 0.188. The van der Waals surface area contributed by atoms with Crippen molar-refractivity contribution in [3.63, 3.8) is 0 Å². The molecule has 0 spiro atoms. The van der Waals surface area contributed by atoms with Crippen molar-refractivity contribution in [1.29, 1.82) is 0 Å². The van der Waals surface area contributed by atoms with E-state index in [0.717, 1.165) is 22.2 Å². The smallest absolute Gasteiger partial charge is 0.339 e. The third-order valence-corrected chi connectivity index (χ3v) is 3.81. The van der Waals surface area contributed by atoms with Crippen molar-refractivity contribution in [3.8, 4) is 11.5 Å². The van der Waals surface area contributed by atoms with Crippen LogP contribution in [0.15, 0.2) is 46.9 Å². The van der Waals surface area contributed by atoms with Crippen LogP contribution in [-0.2, 0) is 6.42 Å². The summed E-state index contributed by atoms with van der Waals surface area (Å²) >= 11 is 3.32. The summed E-state index contributed by atoms with van der Waals surface area (Å²) in [5.74, 6) is 0.211. The molecule has 2 aromatic rings. The molecule has 3 rings (SSSR count). The molecule has 1 atom stereocenters. The Kier molecular flexibility index (Phi) is 3.84. The average molecular weight is 349 g/mol. The SMILES string of the molecule is O=C(O)c1ccc(Br)cc1OCC1Cc2ccccc2O1. The van der Waals surface area contributed by atoms with Crippen molar-refractivity contribution in [2.24, 2.45) is 0 Å². The molecule has 21 heavy (non-hydrogen) atoms. The number of carbonyl (C=O) groups is 1. The van der Waals surface area contributed by atoms with Gasteiger partial charge in [-0.05, 0) is 29.8 Å². The highest BCUT2D eigenvalue weighted by Crippen LogP contribution is 2.29. The van der Waals surface area contributed by atoms with Gasteiger partial charge in [0.1, 0.15) is 29.8 Å². The Balaban J connectivity index is 1.69. The minimum atomic E-state index is -1.01. The number of rotatable bonds is 4. The first-order valence-electron chi connectivity index (χ1n) is 6.53. The summed E-state index contributed by atoms with van der Waals surface area (Å²) in [6.45, 7) is 0.311. The molecule has 0 bridgehead atoms. The molecule has 0 saturated heterocycles. The molecular formula is C16H13BrO4. The second kappa shape index (κ2) is 5.77. The van der Waals surface area contributed by atoms with Gasteiger partial charge < -0.3 is 14.6 Å². The van der Waals surface area contributed by atoms with E-state index in [-0.39, 0.29) is 11.7 Å². The molecule has 0 saturated carbocycles. The van der Waals surface area contributed by atoms with Gasteiger partial charge in [0.05, 0.1) is 0 Å². The molecular weight excluding hydrogens is 336 g/mol. The normalized spacial score (nSPS) is 16.1. The van der Waals surface area contributed by atoms with Crippen molar-refractivity contribution in [1.82, 2.24) is 0 Å². The van der Waals surface area contributed by atoms with Gasteiger partial charge in [-0.3, -0.25) is 0 Å². The van der Waals surface area contributed by atoms with Gasteiger partial charge in [0.25, 0.3) is 0 Å². The molecule has 0 radical (unpaired) electrons. The molecule has 108 valence electrons. The highest BCUT2D eigenvalue weighted by Gasteiger charge is 2.23. The lowest BCUT2D eigenvalue weighted by molar-refractivity contribution is 0.0688. The monoisotopic (exact) mass is 348 g/mol. The standard InChI is InChI=1S/C16H13BrO4/c17-11-5-6-13(16(18)19)15(8-11)20-9-12-7-10-3-1-2-4-14(10)21-12/h1-6,8,12H,7,9H2,(H,18,19). The maximum absolute atomic E-state index is 11.2. The topological polar surface area (TPSA) is 55.8 Å². The van der Waals surface area contributed by atoms with Crippen molar-refractivity contribution >= 4 is 21.9 Å². The Bertz CT molecular complexity index is 659. The van der Waals surface area contributed by atoms with Crippen molar-refractivity contribution in [2.45, 2.75) is 12.5 Å². The fourth-order valence-corrected chi connectivity index (χ4v) is 2.66. The summed E-state index contributed by atoms with van der Waals surface area (Å²) in [6, 6.07) is 12.7. The van der Waals surface area contributed by atoms with Crippen LogP contribution in [0.2, 0.25) is 0 Å². The first-order chi connectivity index (χ1) is 10.1. The zero-order valence-corrected chi connectivity index (χ0v) is 12.7. The van der Waals surface area contributed by atoms with E-state index in [2.05, 4.69) is 15.9 Å². The van der Waals surface area contributed by atoms with Crippen LogP contribution < -0.4 is 9.47 Å². The van der Waals surface area contributed by atoms with Gasteiger partial charge in [0.2, 0.25) is 0 Å². The molecule has 0 amide bonds. The zero-order chi connectivity index (χ0) is 14.8. The van der Waals surface area contributed by atoms with Gasteiger partial charge in [-0.2, -0.15) is 0 Å². The molecule has 2 aromatic carbocycles. The Morgan fingerprint density at radius 1 is 1.33 bits per heavy atom. The fourth-order valence-electron chi connectivity index (χ4n) is 2.32. The Morgan fingerprint density at radius 2 is 2.14 bits per heavy atom. The number of halogens is 1. The number of fused-ring (bicyclic) bond motifs is 1. The molecule has 1 unspecified atom stereocenters. The Labute approximate surface area is 130 Å². The maximum atomic E-state index is 11.2. The van der Waals surface area contributed by atoms with Crippen LogP contribution in [-0.4, -0.2) is 23.8 Å². The van der Waals surface area contributed by atoms with E-state index in [1.807, 2.05) is 24.3 Å². The van der Waals surface area contributed by atoms with E-state index in [9.17, 15) is 4.79 Å². The van der Waals surface area contributed by atoms with Gasteiger partial charge in [0.15, 0.2) is 0 Å². The second-order valence-corrected chi connectivity index (χ2v) is 5.72. The summed E-state index contributed by atoms with van der Waals surface area (Å²) < 4.78 is 12.2. The van der Waals surface area contributed by atoms with Crippen LogP contribution in [0.5, 0.6) is 11.5 Å². The molecule has 4 nitrogen and oxygen atoms in total. The number of benzene rings is 2. The molecule has 0 aliphatic carbocycles. The van der Waals surface area contributed by atoms with E-state index in [1.54, 1.807) is 12.1 Å². The molecule has 5 heteroatoms. The summed E-state index contributed by atoms with van der Waals surface area (Å²) in [6.07, 6.45) is 0.676. The third kappa shape index (κ3) is 3.03. The highest BCUT2D eigenvalue weighted by atomic mass is 79.9. The zero-order valence-electron chi connectivity index (χ0n) is 11.1. The predicted molar refractivity (Wildman–Crippen MR) is 81.2 cm³/mol. The van der Waals surface area contributed by atoms with E-state index in [1.165, 1.54) is 6.07 Å². The quantitative estimate of drug-likeness (QED) is 0.918. The van der Waals surface area contributed by atoms with Crippen LogP contribution in [0, 0.1) is 0 Å². The third-order valence-electron chi connectivity index (χ3n) is 3.31. The minimum Gasteiger partial charge on any atom is -0.489 e. The van der Waals surface area contributed by atoms with Crippen molar-refractivity contribution in [3.05, 3.63) is 58.1 Å². The van der Waals surface area contributed by atoms with E-state index < -0.39 is 5.97 Å². The summed E-state index contributed by atoms with van der Waals surface area (Å²) in [5, 5.41) is 9.16. The van der Waals surface area contributed by atoms with Gasteiger partial charge >= 0.3 is 5.97 Å². The van der Waals surface area contributed by atoms with Crippen LogP contribution in [0.3, 0.4) is 0 Å². The van der Waals surface area contributed by atoms with Gasteiger partial charge in [-0.25, -0.2) is 4.79 Å². The van der Waals surface area contributed by atoms with E-state index in [4.69, 9.17) is 14.6 Å². The summed E-state index contributed by atoms with van der Waals surface area (Å²) in [5.41, 5.74) is 1.30. The lowest BCUT2D eigenvalue weighted by Gasteiger charge is -2.14. The van der Waals surface area contributed by atoms with Crippen LogP contribution in [0.4, 0.5) is 0 Å². The molecule has 0 fully saturated rings. The number of carboxylic acids is 1. The summed E-state index contributed by atoms with van der Waals surface area (Å²) in [7, 11) is 0. The molecule has 1 N–H and O–H groups in total. The van der Waals surface area contributed by atoms with Crippen LogP contribution >= 0.6 is 15.9 Å². The van der Waals surface area contributed by atoms with Crippen LogP contribution in [0.25, 0.3) is 0 Å². The van der Waals surface area contributed by atoms with Gasteiger partial charge in [-0.15, -0.1) is 0 Å². The minimum absolute atomic E-state index is 0.0944. The highest BCUT2D eigenvalue weighted by molar-refractivity contribution is 9.10. The molecule has 0 aromatic heterocycles. The number of carboxylic acid groups (broad SMARTS) is 1. The van der Waals surface area contributed by atoms with Gasteiger partial charge in [0, 0.05) is 10.9 Å².